The fraction of sp³-hybridized carbons (Fsp3) is 0.636. The summed E-state index contributed by atoms with van der Waals surface area (Å²) in [5.41, 5.74) is 0. The highest BCUT2D eigenvalue weighted by atomic mass is 79.9. The summed E-state index contributed by atoms with van der Waals surface area (Å²) in [6, 6.07) is 0. The normalized spacial score (nSPS) is 9.62. The molecule has 5 heteroatoms. The van der Waals surface area contributed by atoms with Crippen molar-refractivity contribution >= 4 is 5.97 Å². The van der Waals surface area contributed by atoms with Crippen molar-refractivity contribution in [2.75, 3.05) is 6.61 Å². The second kappa shape index (κ2) is 8.33. The predicted octanol–water partition coefficient (Wildman–Crippen LogP) is -1.95. The van der Waals surface area contributed by atoms with Gasteiger partial charge < -0.3 is 21.7 Å². The number of carbonyl (C=O) groups is 1. The number of halogens is 1. The molecule has 0 aliphatic rings. The zero-order valence-corrected chi connectivity index (χ0v) is 11.4. The Morgan fingerprint density at radius 1 is 1.44 bits per heavy atom. The van der Waals surface area contributed by atoms with Gasteiger partial charge in [0.05, 0.1) is 13.7 Å². The largest absolute Gasteiger partial charge is 1.00 e. The van der Waals surface area contributed by atoms with Crippen LogP contribution in [0.3, 0.4) is 0 Å². The van der Waals surface area contributed by atoms with Gasteiger partial charge in [0.2, 0.25) is 6.33 Å². The highest BCUT2D eigenvalue weighted by Gasteiger charge is 2.08. The van der Waals surface area contributed by atoms with Crippen LogP contribution in [0, 0.1) is 0 Å². The zero-order chi connectivity index (χ0) is 11.1. The van der Waals surface area contributed by atoms with Crippen LogP contribution in [0.25, 0.3) is 0 Å². The summed E-state index contributed by atoms with van der Waals surface area (Å²) in [5.74, 6) is -0.165. The molecule has 1 aromatic rings. The Labute approximate surface area is 107 Å². The van der Waals surface area contributed by atoms with Crippen LogP contribution in [0.4, 0.5) is 0 Å². The SMILES string of the molecule is CCCCCOC(=O)Cn1cc[n+](C)c1.[Br-]. The van der Waals surface area contributed by atoms with Crippen molar-refractivity contribution in [2.45, 2.75) is 32.7 Å². The van der Waals surface area contributed by atoms with Crippen LogP contribution in [0.5, 0.6) is 0 Å². The monoisotopic (exact) mass is 290 g/mol. The van der Waals surface area contributed by atoms with E-state index in [9.17, 15) is 4.79 Å². The molecule has 1 aromatic heterocycles. The first-order valence-corrected chi connectivity index (χ1v) is 5.39. The van der Waals surface area contributed by atoms with E-state index in [2.05, 4.69) is 6.92 Å². The molecule has 1 heterocycles. The molecule has 92 valence electrons. The fourth-order valence-electron chi connectivity index (χ4n) is 1.33. The van der Waals surface area contributed by atoms with Gasteiger partial charge in [0.25, 0.3) is 0 Å². The van der Waals surface area contributed by atoms with E-state index in [4.69, 9.17) is 4.74 Å². The maximum atomic E-state index is 11.3. The molecule has 0 bridgehead atoms. The van der Waals surface area contributed by atoms with Crippen molar-refractivity contribution < 1.29 is 31.1 Å². The third-order valence-electron chi connectivity index (χ3n) is 2.15. The standard InChI is InChI=1S/C11H19N2O2.BrH/c1-3-4-5-8-15-11(14)9-13-7-6-12(2)10-13;/h6-7,10H,3-5,8-9H2,1-2H3;1H/q+1;/p-1. The summed E-state index contributed by atoms with van der Waals surface area (Å²) in [7, 11) is 1.92. The lowest BCUT2D eigenvalue weighted by Gasteiger charge is -2.01. The van der Waals surface area contributed by atoms with Gasteiger partial charge in [-0.2, -0.15) is 0 Å². The highest BCUT2D eigenvalue weighted by Crippen LogP contribution is 1.95. The number of imidazole rings is 1. The molecule has 0 fully saturated rings. The number of aryl methyl sites for hydroxylation is 1. The summed E-state index contributed by atoms with van der Waals surface area (Å²) < 4.78 is 8.79. The van der Waals surface area contributed by atoms with Crippen LogP contribution in [-0.4, -0.2) is 17.1 Å². The molecule has 0 atom stereocenters. The zero-order valence-electron chi connectivity index (χ0n) is 9.86. The second-order valence-corrected chi connectivity index (χ2v) is 3.68. The molecule has 0 aromatic carbocycles. The number of rotatable bonds is 6. The number of esters is 1. The van der Waals surface area contributed by atoms with Gasteiger partial charge in [-0.15, -0.1) is 0 Å². The van der Waals surface area contributed by atoms with Crippen molar-refractivity contribution in [2.24, 2.45) is 7.05 Å². The third-order valence-corrected chi connectivity index (χ3v) is 2.15. The lowest BCUT2D eigenvalue weighted by atomic mass is 10.3. The fourth-order valence-corrected chi connectivity index (χ4v) is 1.33. The van der Waals surface area contributed by atoms with Crippen LogP contribution in [0.2, 0.25) is 0 Å². The van der Waals surface area contributed by atoms with Gasteiger partial charge in [0.1, 0.15) is 12.4 Å². The molecule has 4 nitrogen and oxygen atoms in total. The quantitative estimate of drug-likeness (QED) is 0.347. The van der Waals surface area contributed by atoms with E-state index in [0.29, 0.717) is 13.2 Å². The van der Waals surface area contributed by atoms with Crippen molar-refractivity contribution in [3.8, 4) is 0 Å². The van der Waals surface area contributed by atoms with E-state index in [-0.39, 0.29) is 23.0 Å². The van der Waals surface area contributed by atoms with E-state index in [1.165, 1.54) is 0 Å². The van der Waals surface area contributed by atoms with Crippen LogP contribution >= 0.6 is 0 Å². The molecule has 0 unspecified atom stereocenters. The Morgan fingerprint density at radius 2 is 2.19 bits per heavy atom. The van der Waals surface area contributed by atoms with E-state index in [1.807, 2.05) is 34.9 Å². The smallest absolute Gasteiger partial charge is 0.348 e. The van der Waals surface area contributed by atoms with Crippen LogP contribution in [0.1, 0.15) is 26.2 Å². The summed E-state index contributed by atoms with van der Waals surface area (Å²) >= 11 is 0. The number of hydrogen-bond acceptors (Lipinski definition) is 2. The van der Waals surface area contributed by atoms with Gasteiger partial charge in [-0.25, -0.2) is 13.9 Å². The molecule has 0 N–H and O–H groups in total. The van der Waals surface area contributed by atoms with Gasteiger partial charge in [-0.05, 0) is 6.42 Å². The lowest BCUT2D eigenvalue weighted by molar-refractivity contribution is -0.671. The van der Waals surface area contributed by atoms with Gasteiger partial charge >= 0.3 is 5.97 Å². The topological polar surface area (TPSA) is 35.1 Å². The van der Waals surface area contributed by atoms with Gasteiger partial charge in [0, 0.05) is 0 Å². The summed E-state index contributed by atoms with van der Waals surface area (Å²) in [4.78, 5) is 11.3. The van der Waals surface area contributed by atoms with Crippen molar-refractivity contribution in [3.63, 3.8) is 0 Å². The molecule has 0 spiro atoms. The van der Waals surface area contributed by atoms with Crippen LogP contribution in [-0.2, 0) is 23.1 Å². The molecule has 16 heavy (non-hydrogen) atoms. The minimum atomic E-state index is -0.165. The maximum Gasteiger partial charge on any atom is 0.348 e. The first-order chi connectivity index (χ1) is 7.22. The van der Waals surface area contributed by atoms with Gasteiger partial charge in [-0.1, -0.05) is 19.8 Å². The number of hydrogen-bond donors (Lipinski definition) is 0. The van der Waals surface area contributed by atoms with Crippen molar-refractivity contribution in [3.05, 3.63) is 18.7 Å². The van der Waals surface area contributed by atoms with Crippen LogP contribution < -0.4 is 21.5 Å². The third kappa shape index (κ3) is 5.90. The number of unbranched alkanes of at least 4 members (excludes halogenated alkanes) is 2. The first kappa shape index (κ1) is 15.2. The number of nitrogens with zero attached hydrogens (tertiary/aromatic N) is 2. The number of ether oxygens (including phenoxy) is 1. The molecule has 0 aliphatic carbocycles. The molecule has 1 rings (SSSR count). The Bertz CT molecular complexity index is 313. The van der Waals surface area contributed by atoms with Crippen LogP contribution in [0.15, 0.2) is 18.7 Å². The maximum absolute atomic E-state index is 11.3. The van der Waals surface area contributed by atoms with Crippen molar-refractivity contribution in [1.82, 2.24) is 4.57 Å². The minimum Gasteiger partial charge on any atom is -1.00 e. The van der Waals surface area contributed by atoms with Crippen molar-refractivity contribution in [1.29, 1.82) is 0 Å². The molecular weight excluding hydrogens is 272 g/mol. The lowest BCUT2D eigenvalue weighted by Crippen LogP contribution is -3.00. The molecular formula is C11H19BrN2O2. The molecule has 0 saturated carbocycles. The molecule has 0 amide bonds. The summed E-state index contributed by atoms with van der Waals surface area (Å²) in [6.45, 7) is 2.97. The molecule has 0 saturated heterocycles. The summed E-state index contributed by atoms with van der Waals surface area (Å²) in [6.07, 6.45) is 8.82. The Balaban J connectivity index is 0.00000225. The Morgan fingerprint density at radius 3 is 2.75 bits per heavy atom. The molecule has 0 radical (unpaired) electrons. The van der Waals surface area contributed by atoms with Gasteiger partial charge in [-0.3, -0.25) is 0 Å². The second-order valence-electron chi connectivity index (χ2n) is 3.68. The Hall–Kier alpha value is -0.840. The molecule has 0 aliphatic heterocycles. The average molecular weight is 291 g/mol. The van der Waals surface area contributed by atoms with E-state index >= 15 is 0 Å². The predicted molar refractivity (Wildman–Crippen MR) is 56.1 cm³/mol. The van der Waals surface area contributed by atoms with E-state index in [1.54, 1.807) is 0 Å². The minimum absolute atomic E-state index is 0. The highest BCUT2D eigenvalue weighted by molar-refractivity contribution is 5.69. The Kier molecular flexibility index (Phi) is 7.89. The van der Waals surface area contributed by atoms with E-state index < -0.39 is 0 Å². The van der Waals surface area contributed by atoms with Gasteiger partial charge in [0.15, 0.2) is 6.54 Å². The van der Waals surface area contributed by atoms with E-state index in [0.717, 1.165) is 19.3 Å². The average Bonchev–Trinajstić information content (AvgIpc) is 2.59. The first-order valence-electron chi connectivity index (χ1n) is 5.39. The number of carbonyl (C=O) groups excluding carboxylic acids is 1. The number of aromatic nitrogens is 2. The summed E-state index contributed by atoms with van der Waals surface area (Å²) in [5, 5.41) is 0.